The first-order valence-corrected chi connectivity index (χ1v) is 6.77. The summed E-state index contributed by atoms with van der Waals surface area (Å²) in [4.78, 5) is 22.0. The summed E-state index contributed by atoms with van der Waals surface area (Å²) in [6.07, 6.45) is 2.53. The molecule has 0 unspecified atom stereocenters. The summed E-state index contributed by atoms with van der Waals surface area (Å²) < 4.78 is 5.05. The fraction of sp³-hybridized carbons (Fsp3) is 0.0625. The Morgan fingerprint density at radius 2 is 1.86 bits per heavy atom. The number of carbonyl (C=O) groups excluding carboxylic acids is 1. The Hall–Kier alpha value is -2.66. The fourth-order valence-electron chi connectivity index (χ4n) is 1.74. The van der Waals surface area contributed by atoms with Gasteiger partial charge in [-0.2, -0.15) is 0 Å². The van der Waals surface area contributed by atoms with Gasteiger partial charge in [0.2, 0.25) is 0 Å². The highest BCUT2D eigenvalue weighted by molar-refractivity contribution is 6.30. The molecular formula is C16H12ClNO4. The second-order valence-electron chi connectivity index (χ2n) is 4.38. The third-order valence-corrected chi connectivity index (χ3v) is 3.08. The number of rotatable bonds is 5. The van der Waals surface area contributed by atoms with Gasteiger partial charge in [-0.3, -0.25) is 10.1 Å². The van der Waals surface area contributed by atoms with Gasteiger partial charge in [-0.15, -0.1) is 0 Å². The number of ether oxygens (including phenoxy) is 1. The number of nitro benzene ring substituents is 1. The van der Waals surface area contributed by atoms with Crippen LogP contribution in [0, 0.1) is 10.1 Å². The average molecular weight is 318 g/mol. The molecule has 0 bridgehead atoms. The van der Waals surface area contributed by atoms with Crippen LogP contribution in [0.25, 0.3) is 6.08 Å². The molecule has 0 aliphatic carbocycles. The van der Waals surface area contributed by atoms with E-state index >= 15 is 0 Å². The van der Waals surface area contributed by atoms with Crippen LogP contribution in [-0.4, -0.2) is 10.9 Å². The first-order valence-electron chi connectivity index (χ1n) is 6.39. The molecule has 112 valence electrons. The lowest BCUT2D eigenvalue weighted by atomic mass is 10.1. The molecule has 0 atom stereocenters. The van der Waals surface area contributed by atoms with E-state index in [-0.39, 0.29) is 12.3 Å². The summed E-state index contributed by atoms with van der Waals surface area (Å²) in [5, 5.41) is 11.5. The highest BCUT2D eigenvalue weighted by Crippen LogP contribution is 2.19. The zero-order valence-electron chi connectivity index (χ0n) is 11.4. The minimum Gasteiger partial charge on any atom is -0.458 e. The smallest absolute Gasteiger partial charge is 0.331 e. The zero-order chi connectivity index (χ0) is 15.9. The molecule has 0 aliphatic rings. The lowest BCUT2D eigenvalue weighted by Crippen LogP contribution is -2.00. The number of esters is 1. The molecule has 0 aromatic heterocycles. The van der Waals surface area contributed by atoms with Crippen LogP contribution in [0.2, 0.25) is 5.02 Å². The number of halogens is 1. The second kappa shape index (κ2) is 7.38. The summed E-state index contributed by atoms with van der Waals surface area (Å²) in [5.41, 5.74) is 1.08. The van der Waals surface area contributed by atoms with E-state index in [1.54, 1.807) is 42.5 Å². The van der Waals surface area contributed by atoms with Gasteiger partial charge in [0.05, 0.1) is 10.5 Å². The minimum absolute atomic E-state index is 0.0655. The molecule has 2 rings (SSSR count). The van der Waals surface area contributed by atoms with E-state index in [4.69, 9.17) is 16.3 Å². The summed E-state index contributed by atoms with van der Waals surface area (Å²) >= 11 is 5.76. The zero-order valence-corrected chi connectivity index (χ0v) is 12.2. The van der Waals surface area contributed by atoms with Crippen molar-refractivity contribution in [1.82, 2.24) is 0 Å². The van der Waals surface area contributed by atoms with Gasteiger partial charge in [-0.25, -0.2) is 4.79 Å². The average Bonchev–Trinajstić information content (AvgIpc) is 2.52. The largest absolute Gasteiger partial charge is 0.458 e. The lowest BCUT2D eigenvalue weighted by molar-refractivity contribution is -0.385. The molecule has 0 saturated heterocycles. The Labute approximate surface area is 131 Å². The maximum Gasteiger partial charge on any atom is 0.331 e. The molecule has 2 aromatic rings. The molecule has 0 heterocycles. The van der Waals surface area contributed by atoms with Gasteiger partial charge in [0, 0.05) is 17.2 Å². The van der Waals surface area contributed by atoms with Crippen LogP contribution in [0.3, 0.4) is 0 Å². The number of carbonyl (C=O) groups is 1. The molecule has 0 N–H and O–H groups in total. The number of hydrogen-bond donors (Lipinski definition) is 0. The highest BCUT2D eigenvalue weighted by atomic mass is 35.5. The van der Waals surface area contributed by atoms with Crippen LogP contribution in [0.5, 0.6) is 0 Å². The summed E-state index contributed by atoms with van der Waals surface area (Å²) in [6, 6.07) is 13.1. The fourth-order valence-corrected chi connectivity index (χ4v) is 1.86. The van der Waals surface area contributed by atoms with E-state index in [0.717, 1.165) is 11.6 Å². The molecule has 6 heteroatoms. The van der Waals surface area contributed by atoms with Crippen LogP contribution >= 0.6 is 11.6 Å². The second-order valence-corrected chi connectivity index (χ2v) is 4.82. The molecule has 0 aliphatic heterocycles. The molecule has 2 aromatic carbocycles. The van der Waals surface area contributed by atoms with Gasteiger partial charge >= 0.3 is 5.97 Å². The van der Waals surface area contributed by atoms with E-state index in [9.17, 15) is 14.9 Å². The Morgan fingerprint density at radius 1 is 1.18 bits per heavy atom. The van der Waals surface area contributed by atoms with Gasteiger partial charge in [-0.05, 0) is 29.8 Å². The summed E-state index contributed by atoms with van der Waals surface area (Å²) in [6.45, 7) is 0.108. The van der Waals surface area contributed by atoms with Crippen molar-refractivity contribution in [3.63, 3.8) is 0 Å². The van der Waals surface area contributed by atoms with Crippen molar-refractivity contribution in [2.45, 2.75) is 6.61 Å². The number of benzene rings is 2. The van der Waals surface area contributed by atoms with E-state index in [1.807, 2.05) is 0 Å². The number of hydrogen-bond acceptors (Lipinski definition) is 4. The van der Waals surface area contributed by atoms with Gasteiger partial charge in [0.15, 0.2) is 0 Å². The van der Waals surface area contributed by atoms with Gasteiger partial charge in [-0.1, -0.05) is 35.9 Å². The Morgan fingerprint density at radius 3 is 2.55 bits per heavy atom. The topological polar surface area (TPSA) is 69.4 Å². The Balaban J connectivity index is 1.97. The van der Waals surface area contributed by atoms with E-state index in [1.165, 1.54) is 12.1 Å². The highest BCUT2D eigenvalue weighted by Gasteiger charge is 2.09. The van der Waals surface area contributed by atoms with Crippen molar-refractivity contribution in [2.24, 2.45) is 0 Å². The van der Waals surface area contributed by atoms with E-state index < -0.39 is 10.9 Å². The molecule has 0 amide bonds. The van der Waals surface area contributed by atoms with Crippen LogP contribution < -0.4 is 0 Å². The quantitative estimate of drug-likeness (QED) is 0.361. The summed E-state index contributed by atoms with van der Waals surface area (Å²) in [5.74, 6) is -0.576. The van der Waals surface area contributed by atoms with Crippen molar-refractivity contribution >= 4 is 29.3 Å². The maximum absolute atomic E-state index is 11.6. The first kappa shape index (κ1) is 15.7. The van der Waals surface area contributed by atoms with Crippen LogP contribution in [-0.2, 0) is 16.1 Å². The molecule has 0 spiro atoms. The maximum atomic E-state index is 11.6. The molecular weight excluding hydrogens is 306 g/mol. The normalized spacial score (nSPS) is 10.6. The minimum atomic E-state index is -0.576. The van der Waals surface area contributed by atoms with E-state index in [2.05, 4.69) is 0 Å². The van der Waals surface area contributed by atoms with Crippen LogP contribution in [0.1, 0.15) is 11.1 Å². The molecule has 0 fully saturated rings. The van der Waals surface area contributed by atoms with Gasteiger partial charge < -0.3 is 4.74 Å². The van der Waals surface area contributed by atoms with Crippen LogP contribution in [0.15, 0.2) is 54.6 Å². The lowest BCUT2D eigenvalue weighted by Gasteiger charge is -2.02. The van der Waals surface area contributed by atoms with Crippen molar-refractivity contribution in [3.8, 4) is 0 Å². The number of nitro groups is 1. The summed E-state index contributed by atoms with van der Waals surface area (Å²) in [7, 11) is 0. The third kappa shape index (κ3) is 4.43. The monoisotopic (exact) mass is 317 g/mol. The van der Waals surface area contributed by atoms with Gasteiger partial charge in [0.1, 0.15) is 6.61 Å². The Bertz CT molecular complexity index is 710. The molecule has 0 radical (unpaired) electrons. The standard InChI is InChI=1S/C16H12ClNO4/c17-14-8-5-12(6-9-14)11-22-16(19)10-7-13-3-1-2-4-15(13)18(20)21/h1-10H,11H2/b10-7+. The molecule has 5 nitrogen and oxygen atoms in total. The molecule has 0 saturated carbocycles. The number of nitrogens with zero attached hydrogens (tertiary/aromatic N) is 1. The predicted molar refractivity (Wildman–Crippen MR) is 83.4 cm³/mol. The van der Waals surface area contributed by atoms with Crippen molar-refractivity contribution in [1.29, 1.82) is 0 Å². The van der Waals surface area contributed by atoms with Crippen molar-refractivity contribution < 1.29 is 14.5 Å². The number of para-hydroxylation sites is 1. The SMILES string of the molecule is O=C(/C=C/c1ccccc1[N+](=O)[O-])OCc1ccc(Cl)cc1. The van der Waals surface area contributed by atoms with Crippen LogP contribution in [0.4, 0.5) is 5.69 Å². The Kier molecular flexibility index (Phi) is 5.27. The first-order chi connectivity index (χ1) is 10.6. The van der Waals surface area contributed by atoms with Crippen molar-refractivity contribution in [2.75, 3.05) is 0 Å². The molecule has 22 heavy (non-hydrogen) atoms. The third-order valence-electron chi connectivity index (χ3n) is 2.83. The van der Waals surface area contributed by atoms with E-state index in [0.29, 0.717) is 10.6 Å². The predicted octanol–water partition coefficient (Wildman–Crippen LogP) is 4.00. The van der Waals surface area contributed by atoms with Crippen molar-refractivity contribution in [3.05, 3.63) is 80.9 Å². The van der Waals surface area contributed by atoms with Gasteiger partial charge in [0.25, 0.3) is 5.69 Å².